The molecular formula is C10H21N3. The molecular weight excluding hydrogens is 162 g/mol. The van der Waals surface area contributed by atoms with Gasteiger partial charge in [0.2, 0.25) is 0 Å². The van der Waals surface area contributed by atoms with Gasteiger partial charge in [-0.15, -0.1) is 0 Å². The highest BCUT2D eigenvalue weighted by molar-refractivity contribution is 5.82. The maximum atomic E-state index is 7.37. The monoisotopic (exact) mass is 183 g/mol. The molecule has 0 spiro atoms. The molecule has 0 aliphatic carbocycles. The van der Waals surface area contributed by atoms with Gasteiger partial charge in [-0.1, -0.05) is 13.8 Å². The summed E-state index contributed by atoms with van der Waals surface area (Å²) >= 11 is 0. The SMILES string of the molecule is CC(C)C1CCN(C(C)C(=N)N)C1. The predicted octanol–water partition coefficient (Wildman–Crippen LogP) is 1.29. The first-order valence-electron chi connectivity index (χ1n) is 5.10. The third-order valence-electron chi connectivity index (χ3n) is 3.20. The highest BCUT2D eigenvalue weighted by Crippen LogP contribution is 2.24. The van der Waals surface area contributed by atoms with E-state index in [4.69, 9.17) is 11.1 Å². The lowest BCUT2D eigenvalue weighted by Gasteiger charge is -2.23. The second kappa shape index (κ2) is 4.09. The topological polar surface area (TPSA) is 53.1 Å². The number of nitrogens with zero attached hydrogens (tertiary/aromatic N) is 1. The van der Waals surface area contributed by atoms with Gasteiger partial charge in [0.1, 0.15) is 5.84 Å². The van der Waals surface area contributed by atoms with Crippen molar-refractivity contribution in [1.29, 1.82) is 5.41 Å². The van der Waals surface area contributed by atoms with Gasteiger partial charge < -0.3 is 5.73 Å². The lowest BCUT2D eigenvalue weighted by molar-refractivity contribution is 0.283. The molecule has 0 saturated carbocycles. The van der Waals surface area contributed by atoms with Crippen molar-refractivity contribution >= 4 is 5.84 Å². The maximum absolute atomic E-state index is 7.37. The van der Waals surface area contributed by atoms with E-state index in [1.165, 1.54) is 6.42 Å². The van der Waals surface area contributed by atoms with Crippen molar-refractivity contribution < 1.29 is 0 Å². The summed E-state index contributed by atoms with van der Waals surface area (Å²) in [6, 6.07) is 0.128. The van der Waals surface area contributed by atoms with E-state index in [1.807, 2.05) is 6.92 Å². The number of hydrogen-bond acceptors (Lipinski definition) is 2. The van der Waals surface area contributed by atoms with E-state index in [-0.39, 0.29) is 6.04 Å². The third kappa shape index (κ3) is 2.44. The average Bonchev–Trinajstić information content (AvgIpc) is 2.50. The van der Waals surface area contributed by atoms with Crippen LogP contribution in [0.25, 0.3) is 0 Å². The Labute approximate surface area is 80.8 Å². The van der Waals surface area contributed by atoms with Crippen LogP contribution in [0.3, 0.4) is 0 Å². The van der Waals surface area contributed by atoms with Crippen molar-refractivity contribution in [3.05, 3.63) is 0 Å². The van der Waals surface area contributed by atoms with Crippen molar-refractivity contribution in [3.8, 4) is 0 Å². The van der Waals surface area contributed by atoms with Crippen molar-refractivity contribution in [3.63, 3.8) is 0 Å². The minimum absolute atomic E-state index is 0.128. The Bertz CT molecular complexity index is 189. The van der Waals surface area contributed by atoms with Crippen LogP contribution in [0.1, 0.15) is 27.2 Å². The Morgan fingerprint density at radius 2 is 2.08 bits per heavy atom. The summed E-state index contributed by atoms with van der Waals surface area (Å²) in [6.07, 6.45) is 1.26. The minimum atomic E-state index is 0.128. The van der Waals surface area contributed by atoms with Gasteiger partial charge in [-0.3, -0.25) is 10.3 Å². The summed E-state index contributed by atoms with van der Waals surface area (Å²) in [4.78, 5) is 2.31. The molecule has 1 saturated heterocycles. The summed E-state index contributed by atoms with van der Waals surface area (Å²) in [5.74, 6) is 1.84. The summed E-state index contributed by atoms with van der Waals surface area (Å²) in [6.45, 7) is 8.77. The molecule has 2 atom stereocenters. The first-order valence-corrected chi connectivity index (χ1v) is 5.10. The van der Waals surface area contributed by atoms with E-state index in [2.05, 4.69) is 18.7 Å². The smallest absolute Gasteiger partial charge is 0.108 e. The molecule has 1 aliphatic rings. The number of nitrogens with two attached hydrogens (primary N) is 1. The number of nitrogens with one attached hydrogen (secondary N) is 1. The van der Waals surface area contributed by atoms with Gasteiger partial charge >= 0.3 is 0 Å². The molecule has 76 valence electrons. The Hall–Kier alpha value is -0.570. The van der Waals surface area contributed by atoms with Gasteiger partial charge in [-0.05, 0) is 31.7 Å². The fraction of sp³-hybridized carbons (Fsp3) is 0.900. The number of amidine groups is 1. The van der Waals surface area contributed by atoms with E-state index < -0.39 is 0 Å². The third-order valence-corrected chi connectivity index (χ3v) is 3.20. The summed E-state index contributed by atoms with van der Waals surface area (Å²) in [7, 11) is 0. The van der Waals surface area contributed by atoms with E-state index in [0.717, 1.165) is 24.9 Å². The van der Waals surface area contributed by atoms with Crippen LogP contribution >= 0.6 is 0 Å². The Balaban J connectivity index is 2.45. The van der Waals surface area contributed by atoms with Gasteiger partial charge in [0.25, 0.3) is 0 Å². The van der Waals surface area contributed by atoms with Crippen LogP contribution in [0, 0.1) is 17.2 Å². The van der Waals surface area contributed by atoms with Crippen LogP contribution in [0.5, 0.6) is 0 Å². The number of rotatable bonds is 3. The molecule has 1 rings (SSSR count). The van der Waals surface area contributed by atoms with Crippen molar-refractivity contribution in [1.82, 2.24) is 4.90 Å². The summed E-state index contributed by atoms with van der Waals surface area (Å²) < 4.78 is 0. The molecule has 0 aromatic heterocycles. The normalized spacial score (nSPS) is 26.6. The molecule has 3 nitrogen and oxygen atoms in total. The molecule has 1 heterocycles. The van der Waals surface area contributed by atoms with Crippen LogP contribution in [0.2, 0.25) is 0 Å². The van der Waals surface area contributed by atoms with Crippen LogP contribution < -0.4 is 5.73 Å². The lowest BCUT2D eigenvalue weighted by atomic mass is 9.95. The molecule has 0 aromatic rings. The summed E-state index contributed by atoms with van der Waals surface area (Å²) in [5, 5.41) is 7.37. The second-order valence-electron chi connectivity index (χ2n) is 4.42. The molecule has 3 N–H and O–H groups in total. The zero-order valence-electron chi connectivity index (χ0n) is 8.88. The second-order valence-corrected chi connectivity index (χ2v) is 4.42. The number of likely N-dealkylation sites (tertiary alicyclic amines) is 1. The molecule has 13 heavy (non-hydrogen) atoms. The van der Waals surface area contributed by atoms with E-state index >= 15 is 0 Å². The van der Waals surface area contributed by atoms with Gasteiger partial charge in [-0.2, -0.15) is 0 Å². The molecule has 1 fully saturated rings. The van der Waals surface area contributed by atoms with E-state index in [0.29, 0.717) is 5.84 Å². The molecule has 0 aromatic carbocycles. The van der Waals surface area contributed by atoms with Crippen LogP contribution in [0.4, 0.5) is 0 Å². The predicted molar refractivity (Wildman–Crippen MR) is 55.9 cm³/mol. The van der Waals surface area contributed by atoms with Crippen LogP contribution in [0.15, 0.2) is 0 Å². The van der Waals surface area contributed by atoms with Gasteiger partial charge in [0.05, 0.1) is 6.04 Å². The van der Waals surface area contributed by atoms with Gasteiger partial charge in [-0.25, -0.2) is 0 Å². The zero-order chi connectivity index (χ0) is 10.0. The highest BCUT2D eigenvalue weighted by atomic mass is 15.2. The van der Waals surface area contributed by atoms with Crippen molar-refractivity contribution in [2.24, 2.45) is 17.6 Å². The Morgan fingerprint density at radius 3 is 2.46 bits per heavy atom. The first-order chi connectivity index (χ1) is 6.02. The lowest BCUT2D eigenvalue weighted by Crippen LogP contribution is -2.41. The quantitative estimate of drug-likeness (QED) is 0.511. The molecule has 0 radical (unpaired) electrons. The minimum Gasteiger partial charge on any atom is -0.386 e. The van der Waals surface area contributed by atoms with Gasteiger partial charge in [0, 0.05) is 6.54 Å². The van der Waals surface area contributed by atoms with Crippen LogP contribution in [-0.2, 0) is 0 Å². The molecule has 0 amide bonds. The highest BCUT2D eigenvalue weighted by Gasteiger charge is 2.28. The Kier molecular flexibility index (Phi) is 3.31. The largest absolute Gasteiger partial charge is 0.386 e. The first kappa shape index (κ1) is 10.5. The average molecular weight is 183 g/mol. The summed E-state index contributed by atoms with van der Waals surface area (Å²) in [5.41, 5.74) is 5.48. The zero-order valence-corrected chi connectivity index (χ0v) is 8.88. The fourth-order valence-electron chi connectivity index (χ4n) is 1.91. The van der Waals surface area contributed by atoms with Gasteiger partial charge in [0.15, 0.2) is 0 Å². The molecule has 2 unspecified atom stereocenters. The Morgan fingerprint density at radius 1 is 1.46 bits per heavy atom. The van der Waals surface area contributed by atoms with E-state index in [9.17, 15) is 0 Å². The number of hydrogen-bond donors (Lipinski definition) is 2. The maximum Gasteiger partial charge on any atom is 0.108 e. The molecule has 0 bridgehead atoms. The molecule has 1 aliphatic heterocycles. The van der Waals surface area contributed by atoms with Crippen molar-refractivity contribution in [2.45, 2.75) is 33.2 Å². The fourth-order valence-corrected chi connectivity index (χ4v) is 1.91. The van der Waals surface area contributed by atoms with Crippen LogP contribution in [-0.4, -0.2) is 29.9 Å². The van der Waals surface area contributed by atoms with Crippen molar-refractivity contribution in [2.75, 3.05) is 13.1 Å². The van der Waals surface area contributed by atoms with E-state index in [1.54, 1.807) is 0 Å². The standard InChI is InChI=1S/C10H21N3/c1-7(2)9-4-5-13(6-9)8(3)10(11)12/h7-9H,4-6H2,1-3H3,(H3,11,12). The molecule has 3 heteroatoms.